The normalized spacial score (nSPS) is 12.8. The standard InChI is InChI=1S/C40H25N3/c41-24-27-22-28(26-42-25-27)37-20-11-21-38(43-37)34-23-36-39(32-17-8-7-16-31(32)34)33-18-9-10-19-35(33)40(36,29-12-3-1-4-13-29)30-14-5-2-6-15-30/h1-23,25-26H. The maximum absolute atomic E-state index is 9.45. The number of nitrogens with zero attached hydrogens (tertiary/aromatic N) is 3. The van der Waals surface area contributed by atoms with Crippen LogP contribution in [0.3, 0.4) is 0 Å². The first-order chi connectivity index (χ1) is 21.3. The van der Waals surface area contributed by atoms with Crippen LogP contribution in [0, 0.1) is 11.3 Å². The lowest BCUT2D eigenvalue weighted by Gasteiger charge is -2.34. The second kappa shape index (κ2) is 9.91. The van der Waals surface area contributed by atoms with Crippen molar-refractivity contribution < 1.29 is 0 Å². The molecule has 3 nitrogen and oxygen atoms in total. The number of pyridine rings is 2. The Morgan fingerprint density at radius 1 is 0.535 bits per heavy atom. The maximum atomic E-state index is 9.45. The number of fused-ring (bicyclic) bond motifs is 5. The molecule has 0 saturated heterocycles. The molecule has 43 heavy (non-hydrogen) atoms. The summed E-state index contributed by atoms with van der Waals surface area (Å²) in [6.45, 7) is 0. The molecule has 0 radical (unpaired) electrons. The van der Waals surface area contributed by atoms with E-state index in [-0.39, 0.29) is 0 Å². The van der Waals surface area contributed by atoms with Crippen molar-refractivity contribution in [3.8, 4) is 39.7 Å². The van der Waals surface area contributed by atoms with Crippen molar-refractivity contribution in [1.82, 2.24) is 9.97 Å². The molecule has 0 saturated carbocycles. The van der Waals surface area contributed by atoms with E-state index in [2.05, 4.69) is 132 Å². The van der Waals surface area contributed by atoms with Crippen LogP contribution in [0.2, 0.25) is 0 Å². The number of rotatable bonds is 4. The van der Waals surface area contributed by atoms with Gasteiger partial charge in [0, 0.05) is 23.5 Å². The number of aromatic nitrogens is 2. The van der Waals surface area contributed by atoms with E-state index in [9.17, 15) is 5.26 Å². The Bertz CT molecular complexity index is 2150. The topological polar surface area (TPSA) is 49.6 Å². The molecule has 3 heteroatoms. The van der Waals surface area contributed by atoms with Crippen molar-refractivity contribution in [1.29, 1.82) is 5.26 Å². The van der Waals surface area contributed by atoms with Gasteiger partial charge in [0.1, 0.15) is 6.07 Å². The third-order valence-corrected chi connectivity index (χ3v) is 8.65. The van der Waals surface area contributed by atoms with Gasteiger partial charge in [-0.1, -0.05) is 115 Å². The fraction of sp³-hybridized carbons (Fsp3) is 0.0250. The smallest absolute Gasteiger partial charge is 0.101 e. The summed E-state index contributed by atoms with van der Waals surface area (Å²) in [4.78, 5) is 9.44. The average Bonchev–Trinajstić information content (AvgIpc) is 3.40. The first-order valence-electron chi connectivity index (χ1n) is 14.4. The molecule has 1 aliphatic rings. The van der Waals surface area contributed by atoms with Gasteiger partial charge in [0.05, 0.1) is 22.4 Å². The van der Waals surface area contributed by atoms with Gasteiger partial charge in [-0.2, -0.15) is 5.26 Å². The van der Waals surface area contributed by atoms with Crippen molar-refractivity contribution in [3.63, 3.8) is 0 Å². The Labute approximate surface area is 250 Å². The van der Waals surface area contributed by atoms with Crippen LogP contribution in [0.4, 0.5) is 0 Å². The van der Waals surface area contributed by atoms with Gasteiger partial charge in [0.25, 0.3) is 0 Å². The van der Waals surface area contributed by atoms with Crippen LogP contribution in [0.1, 0.15) is 27.8 Å². The van der Waals surface area contributed by atoms with Crippen LogP contribution in [0.5, 0.6) is 0 Å². The Kier molecular flexibility index (Phi) is 5.74. The molecule has 0 amide bonds. The van der Waals surface area contributed by atoms with Crippen LogP contribution in [0.15, 0.2) is 152 Å². The molecule has 0 fully saturated rings. The fourth-order valence-electron chi connectivity index (χ4n) is 6.90. The monoisotopic (exact) mass is 547 g/mol. The van der Waals surface area contributed by atoms with Crippen LogP contribution in [-0.4, -0.2) is 9.97 Å². The molecule has 0 N–H and O–H groups in total. The lowest BCUT2D eigenvalue weighted by molar-refractivity contribution is 0.769. The van der Waals surface area contributed by atoms with Crippen LogP contribution in [0.25, 0.3) is 44.4 Å². The molecule has 1 aliphatic carbocycles. The minimum absolute atomic E-state index is 0.504. The summed E-state index contributed by atoms with van der Waals surface area (Å²) in [5.41, 5.74) is 11.1. The molecule has 2 heterocycles. The third kappa shape index (κ3) is 3.74. The highest BCUT2D eigenvalue weighted by Gasteiger charge is 2.46. The largest absolute Gasteiger partial charge is 0.263 e. The van der Waals surface area contributed by atoms with Crippen molar-refractivity contribution in [2.75, 3.05) is 0 Å². The molecule has 8 rings (SSSR count). The molecule has 7 aromatic rings. The summed E-state index contributed by atoms with van der Waals surface area (Å²) in [5, 5.41) is 11.8. The first kappa shape index (κ1) is 24.9. The Balaban J connectivity index is 1.48. The van der Waals surface area contributed by atoms with Gasteiger partial charge in [-0.3, -0.25) is 4.98 Å². The van der Waals surface area contributed by atoms with Crippen molar-refractivity contribution in [2.24, 2.45) is 0 Å². The Morgan fingerprint density at radius 3 is 1.93 bits per heavy atom. The quantitative estimate of drug-likeness (QED) is 0.221. The minimum atomic E-state index is -0.504. The van der Waals surface area contributed by atoms with Crippen molar-refractivity contribution >= 4 is 10.8 Å². The molecular formula is C40H25N3. The molecule has 0 bridgehead atoms. The highest BCUT2D eigenvalue weighted by molar-refractivity contribution is 6.09. The molecular weight excluding hydrogens is 522 g/mol. The number of hydrogen-bond acceptors (Lipinski definition) is 3. The van der Waals surface area contributed by atoms with Gasteiger partial charge in [-0.05, 0) is 68.4 Å². The zero-order valence-electron chi connectivity index (χ0n) is 23.3. The number of hydrogen-bond donors (Lipinski definition) is 0. The van der Waals surface area contributed by atoms with Gasteiger partial charge in [0.15, 0.2) is 0 Å². The van der Waals surface area contributed by atoms with E-state index in [1.165, 1.54) is 38.8 Å². The number of nitriles is 1. The lowest BCUT2D eigenvalue weighted by atomic mass is 9.67. The summed E-state index contributed by atoms with van der Waals surface area (Å²) in [6, 6.07) is 51.7. The van der Waals surface area contributed by atoms with Crippen LogP contribution < -0.4 is 0 Å². The van der Waals surface area contributed by atoms with Gasteiger partial charge < -0.3 is 0 Å². The predicted octanol–water partition coefficient (Wildman–Crippen LogP) is 9.20. The van der Waals surface area contributed by atoms with E-state index in [0.29, 0.717) is 5.56 Å². The molecule has 0 spiro atoms. The van der Waals surface area contributed by atoms with E-state index in [1.54, 1.807) is 12.4 Å². The SMILES string of the molecule is N#Cc1cncc(-c2cccc(-c3cc4c(c5ccccc35)-c3ccccc3C4(c3ccccc3)c3ccccc3)n2)c1. The molecule has 0 atom stereocenters. The number of benzene rings is 5. The molecule has 5 aromatic carbocycles. The van der Waals surface area contributed by atoms with Crippen molar-refractivity contribution in [2.45, 2.75) is 5.41 Å². The Hall–Kier alpha value is -5.85. The van der Waals surface area contributed by atoms with E-state index >= 15 is 0 Å². The van der Waals surface area contributed by atoms with E-state index in [0.717, 1.165) is 27.9 Å². The molecule has 0 unspecified atom stereocenters. The highest BCUT2D eigenvalue weighted by Crippen LogP contribution is 2.58. The van der Waals surface area contributed by atoms with Crippen molar-refractivity contribution in [3.05, 3.63) is 180 Å². The zero-order valence-corrected chi connectivity index (χ0v) is 23.3. The summed E-state index contributed by atoms with van der Waals surface area (Å²) >= 11 is 0. The van der Waals surface area contributed by atoms with Crippen LogP contribution in [-0.2, 0) is 5.41 Å². The predicted molar refractivity (Wildman–Crippen MR) is 172 cm³/mol. The summed E-state index contributed by atoms with van der Waals surface area (Å²) < 4.78 is 0. The summed E-state index contributed by atoms with van der Waals surface area (Å²) in [6.07, 6.45) is 3.34. The highest BCUT2D eigenvalue weighted by atomic mass is 14.7. The minimum Gasteiger partial charge on any atom is -0.263 e. The third-order valence-electron chi connectivity index (χ3n) is 8.65. The maximum Gasteiger partial charge on any atom is 0.101 e. The van der Waals surface area contributed by atoms with Crippen LogP contribution >= 0.6 is 0 Å². The lowest BCUT2D eigenvalue weighted by Crippen LogP contribution is -2.28. The van der Waals surface area contributed by atoms with E-state index < -0.39 is 5.41 Å². The van der Waals surface area contributed by atoms with E-state index in [1.807, 2.05) is 18.2 Å². The van der Waals surface area contributed by atoms with Gasteiger partial charge in [-0.25, -0.2) is 4.98 Å². The van der Waals surface area contributed by atoms with Gasteiger partial charge in [-0.15, -0.1) is 0 Å². The summed E-state index contributed by atoms with van der Waals surface area (Å²) in [5.74, 6) is 0. The second-order valence-corrected chi connectivity index (χ2v) is 10.9. The zero-order chi connectivity index (χ0) is 28.8. The van der Waals surface area contributed by atoms with E-state index in [4.69, 9.17) is 4.98 Å². The molecule has 2 aromatic heterocycles. The summed E-state index contributed by atoms with van der Waals surface area (Å²) in [7, 11) is 0. The average molecular weight is 548 g/mol. The fourth-order valence-corrected chi connectivity index (χ4v) is 6.90. The first-order valence-corrected chi connectivity index (χ1v) is 14.4. The molecule has 200 valence electrons. The Morgan fingerprint density at radius 2 is 1.19 bits per heavy atom. The molecule has 0 aliphatic heterocycles. The van der Waals surface area contributed by atoms with Gasteiger partial charge >= 0.3 is 0 Å². The second-order valence-electron chi connectivity index (χ2n) is 10.9. The van der Waals surface area contributed by atoms with Gasteiger partial charge in [0.2, 0.25) is 0 Å².